The van der Waals surface area contributed by atoms with Crippen LogP contribution in [0.2, 0.25) is 5.02 Å². The summed E-state index contributed by atoms with van der Waals surface area (Å²) in [4.78, 5) is 31.5. The molecule has 3 N–H and O–H groups in total. The second-order valence-corrected chi connectivity index (χ2v) is 12.6. The highest BCUT2D eigenvalue weighted by Crippen LogP contribution is 2.51. The van der Waals surface area contributed by atoms with Gasteiger partial charge in [0.1, 0.15) is 12.0 Å². The van der Waals surface area contributed by atoms with Crippen molar-refractivity contribution in [2.75, 3.05) is 18.0 Å². The molecule has 1 aliphatic rings. The molecule has 47 heavy (non-hydrogen) atoms. The van der Waals surface area contributed by atoms with Gasteiger partial charge >= 0.3 is 6.18 Å². The standard InChI is InChI=1S/C35H29ClF3N5O2S/c36-23-17-15-22(16-18-23)24-9-1-2-12-27(24)30(45)44-32(40)42-33(43-44)47-20-8-7-19-34(31(46)41-21-35(37,38)39)28-13-5-3-10-25(28)26-11-4-6-14-29(26)34/h1-6,9-18H,7-8,19-21H2,(H,41,46)(H2,40,42,43). The van der Waals surface area contributed by atoms with E-state index in [4.69, 9.17) is 17.3 Å². The predicted molar refractivity (Wildman–Crippen MR) is 177 cm³/mol. The lowest BCUT2D eigenvalue weighted by Gasteiger charge is -2.31. The van der Waals surface area contributed by atoms with E-state index in [9.17, 15) is 22.8 Å². The number of hydrogen-bond acceptors (Lipinski definition) is 6. The highest BCUT2D eigenvalue weighted by molar-refractivity contribution is 7.99. The molecule has 1 aromatic heterocycles. The Hall–Kier alpha value is -4.61. The monoisotopic (exact) mass is 675 g/mol. The fraction of sp³-hybridized carbons (Fsp3) is 0.200. The van der Waals surface area contributed by atoms with Crippen LogP contribution in [-0.2, 0) is 10.2 Å². The number of unbranched alkanes of at least 4 members (excludes halogenated alkanes) is 1. The molecule has 4 aromatic carbocycles. The number of halogens is 4. The first-order valence-corrected chi connectivity index (χ1v) is 16.2. The number of anilines is 1. The van der Waals surface area contributed by atoms with Crippen LogP contribution in [0.3, 0.4) is 0 Å². The first kappa shape index (κ1) is 32.3. The zero-order chi connectivity index (χ0) is 33.2. The summed E-state index contributed by atoms with van der Waals surface area (Å²) >= 11 is 7.35. The number of fused-ring (bicyclic) bond motifs is 3. The van der Waals surface area contributed by atoms with E-state index in [1.54, 1.807) is 36.4 Å². The Morgan fingerprint density at radius 2 is 1.45 bits per heavy atom. The highest BCUT2D eigenvalue weighted by Gasteiger charge is 2.49. The van der Waals surface area contributed by atoms with E-state index < -0.39 is 30.0 Å². The van der Waals surface area contributed by atoms with Crippen molar-refractivity contribution in [3.8, 4) is 22.3 Å². The Balaban J connectivity index is 1.16. The number of carbonyl (C=O) groups excluding carboxylic acids is 2. The van der Waals surface area contributed by atoms with Crippen molar-refractivity contribution in [3.05, 3.63) is 119 Å². The van der Waals surface area contributed by atoms with Gasteiger partial charge in [0, 0.05) is 16.3 Å². The van der Waals surface area contributed by atoms with Crippen LogP contribution in [0.5, 0.6) is 0 Å². The number of nitrogens with one attached hydrogen (secondary N) is 1. The normalized spacial score (nSPS) is 13.2. The van der Waals surface area contributed by atoms with Crippen molar-refractivity contribution < 1.29 is 22.8 Å². The fourth-order valence-electron chi connectivity index (χ4n) is 6.12. The molecule has 1 aliphatic carbocycles. The van der Waals surface area contributed by atoms with Crippen LogP contribution in [-0.4, -0.2) is 45.1 Å². The molecule has 5 aromatic rings. The van der Waals surface area contributed by atoms with E-state index in [1.165, 1.54) is 11.8 Å². The summed E-state index contributed by atoms with van der Waals surface area (Å²) < 4.78 is 40.5. The third-order valence-corrected chi connectivity index (χ3v) is 9.37. The number of thioether (sulfide) groups is 1. The maximum Gasteiger partial charge on any atom is 0.405 e. The molecule has 6 rings (SSSR count). The minimum atomic E-state index is -4.54. The topological polar surface area (TPSA) is 103 Å². The molecule has 0 bridgehead atoms. The first-order valence-electron chi connectivity index (χ1n) is 14.9. The number of aromatic nitrogens is 3. The molecule has 1 heterocycles. The Kier molecular flexibility index (Phi) is 9.11. The lowest BCUT2D eigenvalue weighted by molar-refractivity contribution is -0.141. The quantitative estimate of drug-likeness (QED) is 0.116. The summed E-state index contributed by atoms with van der Waals surface area (Å²) in [7, 11) is 0. The number of rotatable bonds is 10. The van der Waals surface area contributed by atoms with Crippen LogP contribution in [0.15, 0.2) is 102 Å². The second kappa shape index (κ2) is 13.2. The molecule has 0 radical (unpaired) electrons. The molecule has 7 nitrogen and oxygen atoms in total. The number of carbonyl (C=O) groups is 2. The lowest BCUT2D eigenvalue weighted by Crippen LogP contribution is -2.47. The zero-order valence-electron chi connectivity index (χ0n) is 24.9. The molecule has 1 amide bonds. The van der Waals surface area contributed by atoms with Crippen LogP contribution in [0.4, 0.5) is 19.1 Å². The third-order valence-electron chi connectivity index (χ3n) is 8.20. The zero-order valence-corrected chi connectivity index (χ0v) is 26.5. The van der Waals surface area contributed by atoms with E-state index >= 15 is 0 Å². The number of nitrogens with two attached hydrogens (primary N) is 1. The van der Waals surface area contributed by atoms with Gasteiger partial charge in [0.05, 0.1) is 0 Å². The number of nitrogens with zero attached hydrogens (tertiary/aromatic N) is 3. The van der Waals surface area contributed by atoms with Crippen molar-refractivity contribution >= 4 is 41.1 Å². The fourth-order valence-corrected chi connectivity index (χ4v) is 7.07. The lowest BCUT2D eigenvalue weighted by atomic mass is 9.73. The molecular formula is C35H29ClF3N5O2S. The van der Waals surface area contributed by atoms with E-state index in [0.717, 1.165) is 21.4 Å². The summed E-state index contributed by atoms with van der Waals surface area (Å²) in [6, 6.07) is 29.0. The van der Waals surface area contributed by atoms with Crippen LogP contribution >= 0.6 is 23.4 Å². The number of benzene rings is 4. The highest BCUT2D eigenvalue weighted by atomic mass is 35.5. The molecule has 12 heteroatoms. The minimum Gasteiger partial charge on any atom is -0.368 e. The largest absolute Gasteiger partial charge is 0.405 e. The number of amides is 1. The number of hydrogen-bond donors (Lipinski definition) is 2. The maximum atomic E-state index is 13.7. The third kappa shape index (κ3) is 6.50. The molecule has 0 saturated heterocycles. The molecule has 0 unspecified atom stereocenters. The Morgan fingerprint density at radius 1 is 0.851 bits per heavy atom. The van der Waals surface area contributed by atoms with Gasteiger partial charge in [-0.15, -0.1) is 5.10 Å². The van der Waals surface area contributed by atoms with Gasteiger partial charge in [-0.05, 0) is 64.4 Å². The number of nitrogen functional groups attached to an aromatic ring is 1. The molecular weight excluding hydrogens is 647 g/mol. The van der Waals surface area contributed by atoms with Gasteiger partial charge in [0.15, 0.2) is 0 Å². The maximum absolute atomic E-state index is 13.7. The summed E-state index contributed by atoms with van der Waals surface area (Å²) in [6.07, 6.45) is -3.11. The predicted octanol–water partition coefficient (Wildman–Crippen LogP) is 7.78. The summed E-state index contributed by atoms with van der Waals surface area (Å²) in [5.74, 6) is -0.631. The van der Waals surface area contributed by atoms with E-state index in [2.05, 4.69) is 15.4 Å². The molecule has 0 atom stereocenters. The average molecular weight is 676 g/mol. The molecule has 0 fully saturated rings. The van der Waals surface area contributed by atoms with Crippen LogP contribution < -0.4 is 11.1 Å². The van der Waals surface area contributed by atoms with Crippen LogP contribution in [0, 0.1) is 0 Å². The second-order valence-electron chi connectivity index (χ2n) is 11.1. The summed E-state index contributed by atoms with van der Waals surface area (Å²) in [6.45, 7) is -1.41. The van der Waals surface area contributed by atoms with Gasteiger partial charge in [0.25, 0.3) is 5.91 Å². The van der Waals surface area contributed by atoms with Crippen molar-refractivity contribution in [3.63, 3.8) is 0 Å². The van der Waals surface area contributed by atoms with Gasteiger partial charge in [-0.25, -0.2) is 0 Å². The first-order chi connectivity index (χ1) is 22.6. The van der Waals surface area contributed by atoms with E-state index in [1.807, 2.05) is 60.7 Å². The minimum absolute atomic E-state index is 0.0529. The van der Waals surface area contributed by atoms with Crippen LogP contribution in [0.25, 0.3) is 22.3 Å². The van der Waals surface area contributed by atoms with Crippen molar-refractivity contribution in [1.29, 1.82) is 0 Å². The molecule has 0 aliphatic heterocycles. The Morgan fingerprint density at radius 3 is 2.09 bits per heavy atom. The van der Waals surface area contributed by atoms with Crippen molar-refractivity contribution in [1.82, 2.24) is 20.1 Å². The van der Waals surface area contributed by atoms with Gasteiger partial charge in [0.2, 0.25) is 17.0 Å². The van der Waals surface area contributed by atoms with Crippen molar-refractivity contribution in [2.45, 2.75) is 36.0 Å². The molecule has 0 saturated carbocycles. The Labute approximate surface area is 278 Å². The molecule has 240 valence electrons. The van der Waals surface area contributed by atoms with Crippen LogP contribution in [0.1, 0.15) is 40.7 Å². The molecule has 0 spiro atoms. The summed E-state index contributed by atoms with van der Waals surface area (Å²) in [5, 5.41) is 7.42. The average Bonchev–Trinajstić information content (AvgIpc) is 3.58. The number of alkyl halides is 3. The van der Waals surface area contributed by atoms with Gasteiger partial charge in [-0.1, -0.05) is 109 Å². The van der Waals surface area contributed by atoms with E-state index in [0.29, 0.717) is 57.4 Å². The smallest absolute Gasteiger partial charge is 0.368 e. The summed E-state index contributed by atoms with van der Waals surface area (Å²) in [5.41, 5.74) is 9.82. The van der Waals surface area contributed by atoms with Gasteiger partial charge < -0.3 is 11.1 Å². The van der Waals surface area contributed by atoms with Gasteiger partial charge in [-0.3, -0.25) is 9.59 Å². The Bertz CT molecular complexity index is 1900. The van der Waals surface area contributed by atoms with Gasteiger partial charge in [-0.2, -0.15) is 22.8 Å². The van der Waals surface area contributed by atoms with Crippen molar-refractivity contribution in [2.24, 2.45) is 0 Å². The van der Waals surface area contributed by atoms with E-state index in [-0.39, 0.29) is 5.95 Å². The SMILES string of the molecule is Nc1nc(SCCCCC2(C(=O)NCC(F)(F)F)c3ccccc3-c3ccccc32)nn1C(=O)c1ccccc1-c1ccc(Cl)cc1.